The van der Waals surface area contributed by atoms with Gasteiger partial charge in [0, 0.05) is 37.8 Å². The average Bonchev–Trinajstić information content (AvgIpc) is 3.58. The van der Waals surface area contributed by atoms with Gasteiger partial charge in [0.1, 0.15) is 0 Å². The van der Waals surface area contributed by atoms with Crippen molar-refractivity contribution in [1.29, 1.82) is 0 Å². The molecule has 0 unspecified atom stereocenters. The zero-order chi connectivity index (χ0) is 26.0. The van der Waals surface area contributed by atoms with Crippen LogP contribution in [-0.4, -0.2) is 65.5 Å². The minimum absolute atomic E-state index is 0.00233. The highest BCUT2D eigenvalue weighted by Crippen LogP contribution is 2.42. The van der Waals surface area contributed by atoms with Crippen LogP contribution in [0.5, 0.6) is 0 Å². The number of piperidine rings is 1. The maximum absolute atomic E-state index is 13.7. The van der Waals surface area contributed by atoms with E-state index in [4.69, 9.17) is 0 Å². The lowest BCUT2D eigenvalue weighted by atomic mass is 9.77. The van der Waals surface area contributed by atoms with E-state index in [-0.39, 0.29) is 40.9 Å². The van der Waals surface area contributed by atoms with E-state index in [1.165, 1.54) is 18.3 Å². The first kappa shape index (κ1) is 25.6. The van der Waals surface area contributed by atoms with Gasteiger partial charge >= 0.3 is 0 Å². The molecule has 37 heavy (non-hydrogen) atoms. The van der Waals surface area contributed by atoms with Gasteiger partial charge in [-0.25, -0.2) is 0 Å². The Bertz CT molecular complexity index is 1170. The maximum Gasteiger partial charge on any atom is 0.263 e. The quantitative estimate of drug-likeness (QED) is 0.591. The second-order valence-corrected chi connectivity index (χ2v) is 11.9. The molecular formula is C29H35N3O4S. The molecule has 0 radical (unpaired) electrons. The summed E-state index contributed by atoms with van der Waals surface area (Å²) in [7, 11) is 0. The van der Waals surface area contributed by atoms with Gasteiger partial charge in [-0.2, -0.15) is 0 Å². The van der Waals surface area contributed by atoms with Crippen molar-refractivity contribution >= 4 is 34.8 Å². The Kier molecular flexibility index (Phi) is 7.47. The molecule has 2 saturated heterocycles. The highest BCUT2D eigenvalue weighted by molar-refractivity contribution is 7.15. The summed E-state index contributed by atoms with van der Waals surface area (Å²) in [6.07, 6.45) is 6.40. The smallest absolute Gasteiger partial charge is 0.263 e. The van der Waals surface area contributed by atoms with Crippen LogP contribution in [0.1, 0.15) is 81.6 Å². The molecular weight excluding hydrogens is 486 g/mol. The number of likely N-dealkylation sites (tertiary alicyclic amines) is 2. The van der Waals surface area contributed by atoms with Crippen LogP contribution in [0.15, 0.2) is 42.5 Å². The highest BCUT2D eigenvalue weighted by atomic mass is 32.1. The Morgan fingerprint density at radius 3 is 2.19 bits per heavy atom. The van der Waals surface area contributed by atoms with Crippen molar-refractivity contribution in [3.63, 3.8) is 0 Å². The highest BCUT2D eigenvalue weighted by Gasteiger charge is 2.45. The second-order valence-electron chi connectivity index (χ2n) is 10.9. The maximum atomic E-state index is 13.7. The summed E-state index contributed by atoms with van der Waals surface area (Å²) >= 11 is 1.27. The van der Waals surface area contributed by atoms with E-state index in [2.05, 4.69) is 5.32 Å². The number of Topliss-reactive ketones (excluding diaryl/α,β-unsaturated/α-hetero) is 1. The predicted octanol–water partition coefficient (Wildman–Crippen LogP) is 4.39. The number of benzene rings is 1. The molecule has 3 amide bonds. The summed E-state index contributed by atoms with van der Waals surface area (Å²) in [5.41, 5.74) is 0.685. The number of amides is 3. The second kappa shape index (κ2) is 10.8. The third kappa shape index (κ3) is 5.49. The summed E-state index contributed by atoms with van der Waals surface area (Å²) in [6.45, 7) is 4.35. The van der Waals surface area contributed by atoms with Crippen LogP contribution in [0, 0.1) is 11.3 Å². The van der Waals surface area contributed by atoms with Crippen molar-refractivity contribution in [3.05, 3.63) is 57.8 Å². The number of nitrogens with zero attached hydrogens (tertiary/aromatic N) is 2. The molecule has 2 aromatic rings. The summed E-state index contributed by atoms with van der Waals surface area (Å²) < 4.78 is 0. The molecule has 3 fully saturated rings. The van der Waals surface area contributed by atoms with E-state index in [1.54, 1.807) is 24.3 Å². The fraction of sp³-hybridized carbons (Fsp3) is 0.517. The Hall–Kier alpha value is -3.00. The third-order valence-corrected chi connectivity index (χ3v) is 9.63. The molecule has 1 aromatic carbocycles. The van der Waals surface area contributed by atoms with E-state index >= 15 is 0 Å². The van der Waals surface area contributed by atoms with Gasteiger partial charge in [-0.05, 0) is 68.7 Å². The lowest BCUT2D eigenvalue weighted by Gasteiger charge is -2.39. The molecule has 1 aromatic heterocycles. The molecule has 5 rings (SSSR count). The van der Waals surface area contributed by atoms with E-state index < -0.39 is 0 Å². The molecule has 1 N–H and O–H groups in total. The molecule has 8 heteroatoms. The number of nitrogens with one attached hydrogen (secondary N) is 1. The number of hydrogen-bond acceptors (Lipinski definition) is 5. The minimum Gasteiger partial charge on any atom is -0.349 e. The number of carbonyl (C=O) groups is 4. The Morgan fingerprint density at radius 2 is 1.51 bits per heavy atom. The van der Waals surface area contributed by atoms with Crippen LogP contribution in [0.4, 0.5) is 0 Å². The van der Waals surface area contributed by atoms with Crippen LogP contribution in [0.2, 0.25) is 0 Å². The SMILES string of the molecule is CC(=O)c1ccc(C(=O)N2CCC3(CC2)CCN(C(=O)[C@H]2CCCC[C@H]2NC(=O)c2ccccc2)C3)s1. The van der Waals surface area contributed by atoms with Gasteiger partial charge in [-0.3, -0.25) is 19.2 Å². The van der Waals surface area contributed by atoms with E-state index in [1.807, 2.05) is 28.0 Å². The molecule has 3 heterocycles. The zero-order valence-corrected chi connectivity index (χ0v) is 22.2. The summed E-state index contributed by atoms with van der Waals surface area (Å²) in [5.74, 6) is -0.132. The van der Waals surface area contributed by atoms with Gasteiger partial charge in [0.25, 0.3) is 11.8 Å². The molecule has 1 spiro atoms. The molecule has 1 aliphatic carbocycles. The van der Waals surface area contributed by atoms with Crippen molar-refractivity contribution in [2.24, 2.45) is 11.3 Å². The van der Waals surface area contributed by atoms with Gasteiger partial charge in [0.2, 0.25) is 5.91 Å². The van der Waals surface area contributed by atoms with Gasteiger partial charge in [0.15, 0.2) is 5.78 Å². The number of carbonyl (C=O) groups excluding carboxylic acids is 4. The number of hydrogen-bond donors (Lipinski definition) is 1. The first-order valence-electron chi connectivity index (χ1n) is 13.4. The average molecular weight is 522 g/mol. The fourth-order valence-electron chi connectivity index (χ4n) is 6.19. The fourth-order valence-corrected chi connectivity index (χ4v) is 7.06. The lowest BCUT2D eigenvalue weighted by Crippen LogP contribution is -2.50. The van der Waals surface area contributed by atoms with Gasteiger partial charge in [-0.15, -0.1) is 11.3 Å². The lowest BCUT2D eigenvalue weighted by molar-refractivity contribution is -0.136. The molecule has 1 saturated carbocycles. The summed E-state index contributed by atoms with van der Waals surface area (Å²) in [6, 6.07) is 12.5. The van der Waals surface area contributed by atoms with Crippen molar-refractivity contribution in [2.75, 3.05) is 26.2 Å². The number of rotatable bonds is 5. The largest absolute Gasteiger partial charge is 0.349 e. The monoisotopic (exact) mass is 521 g/mol. The minimum atomic E-state index is -0.174. The molecule has 2 atom stereocenters. The predicted molar refractivity (Wildman–Crippen MR) is 143 cm³/mol. The molecule has 196 valence electrons. The van der Waals surface area contributed by atoms with Crippen molar-refractivity contribution in [3.8, 4) is 0 Å². The molecule has 3 aliphatic rings. The van der Waals surface area contributed by atoms with Gasteiger partial charge in [-0.1, -0.05) is 31.0 Å². The Balaban J connectivity index is 1.17. The van der Waals surface area contributed by atoms with Crippen molar-refractivity contribution in [2.45, 2.75) is 57.9 Å². The summed E-state index contributed by atoms with van der Waals surface area (Å²) in [4.78, 5) is 56.1. The van der Waals surface area contributed by atoms with Crippen molar-refractivity contribution in [1.82, 2.24) is 15.1 Å². The standard InChI is InChI=1S/C29H35N3O4S/c1-20(33)24-11-12-25(37-24)28(36)31-16-13-29(14-17-31)15-18-32(19-29)27(35)22-9-5-6-10-23(22)30-26(34)21-7-3-2-4-8-21/h2-4,7-8,11-12,22-23H,5-6,9-10,13-19H2,1H3,(H,30,34)/t22-,23+/m0/s1. The molecule has 2 aliphatic heterocycles. The van der Waals surface area contributed by atoms with Gasteiger partial charge < -0.3 is 15.1 Å². The molecule has 7 nitrogen and oxygen atoms in total. The van der Waals surface area contributed by atoms with E-state index in [9.17, 15) is 19.2 Å². The number of ketones is 1. The third-order valence-electron chi connectivity index (χ3n) is 8.46. The topological polar surface area (TPSA) is 86.8 Å². The Morgan fingerprint density at radius 1 is 0.865 bits per heavy atom. The van der Waals surface area contributed by atoms with E-state index in [0.717, 1.165) is 58.0 Å². The summed E-state index contributed by atoms with van der Waals surface area (Å²) in [5, 5.41) is 3.15. The Labute approximate surface area is 222 Å². The van der Waals surface area contributed by atoms with Crippen LogP contribution >= 0.6 is 11.3 Å². The van der Waals surface area contributed by atoms with Crippen molar-refractivity contribution < 1.29 is 19.2 Å². The molecule has 0 bridgehead atoms. The van der Waals surface area contributed by atoms with Crippen LogP contribution < -0.4 is 5.32 Å². The van der Waals surface area contributed by atoms with Crippen LogP contribution in [0.3, 0.4) is 0 Å². The zero-order valence-electron chi connectivity index (χ0n) is 21.4. The first-order chi connectivity index (χ1) is 17.8. The normalized spacial score (nSPS) is 23.2. The van der Waals surface area contributed by atoms with Gasteiger partial charge in [0.05, 0.1) is 15.7 Å². The van der Waals surface area contributed by atoms with E-state index in [0.29, 0.717) is 28.4 Å². The van der Waals surface area contributed by atoms with Crippen LogP contribution in [-0.2, 0) is 4.79 Å². The number of thiophene rings is 1. The van der Waals surface area contributed by atoms with Crippen LogP contribution in [0.25, 0.3) is 0 Å². The first-order valence-corrected chi connectivity index (χ1v) is 14.2.